The molecule has 0 saturated carbocycles. The standard InChI is InChI=1S/C10H12N4O/c11-6-3-8-10(12-5-6)14-9(13-8)4-7-1-2-15-7/h3,5,7H,1-2,4,11H2,(H,12,13,14). The van der Waals surface area contributed by atoms with E-state index in [9.17, 15) is 0 Å². The van der Waals surface area contributed by atoms with Crippen LogP contribution in [0, 0.1) is 0 Å². The summed E-state index contributed by atoms with van der Waals surface area (Å²) < 4.78 is 5.35. The molecule has 0 radical (unpaired) electrons. The number of nitrogens with one attached hydrogen (secondary N) is 1. The van der Waals surface area contributed by atoms with E-state index in [0.717, 1.165) is 36.4 Å². The van der Waals surface area contributed by atoms with Gasteiger partial charge in [0, 0.05) is 13.0 Å². The van der Waals surface area contributed by atoms with Gasteiger partial charge in [-0.15, -0.1) is 0 Å². The highest BCUT2D eigenvalue weighted by Gasteiger charge is 2.20. The van der Waals surface area contributed by atoms with Crippen molar-refractivity contribution in [3.8, 4) is 0 Å². The summed E-state index contributed by atoms with van der Waals surface area (Å²) in [5.74, 6) is 0.924. The van der Waals surface area contributed by atoms with Crippen LogP contribution in [-0.4, -0.2) is 27.7 Å². The van der Waals surface area contributed by atoms with Crippen molar-refractivity contribution in [1.29, 1.82) is 0 Å². The fraction of sp³-hybridized carbons (Fsp3) is 0.400. The normalized spacial score (nSPS) is 20.4. The Balaban J connectivity index is 1.91. The van der Waals surface area contributed by atoms with Gasteiger partial charge >= 0.3 is 0 Å². The fourth-order valence-electron chi connectivity index (χ4n) is 1.72. The second-order valence-electron chi connectivity index (χ2n) is 3.81. The first-order chi connectivity index (χ1) is 7.31. The first-order valence-electron chi connectivity index (χ1n) is 5.03. The zero-order valence-electron chi connectivity index (χ0n) is 8.23. The third-order valence-corrected chi connectivity index (χ3v) is 2.62. The minimum atomic E-state index is 0.322. The molecule has 1 atom stereocenters. The molecular formula is C10H12N4O. The lowest BCUT2D eigenvalue weighted by molar-refractivity contribution is -0.0500. The molecule has 0 spiro atoms. The number of H-pyrrole nitrogens is 1. The Morgan fingerprint density at radius 3 is 3.20 bits per heavy atom. The Morgan fingerprint density at radius 2 is 2.47 bits per heavy atom. The molecule has 1 unspecified atom stereocenters. The predicted octanol–water partition coefficient (Wildman–Crippen LogP) is 0.871. The van der Waals surface area contributed by atoms with Crippen molar-refractivity contribution in [1.82, 2.24) is 15.0 Å². The number of anilines is 1. The lowest BCUT2D eigenvalue weighted by Crippen LogP contribution is -2.29. The minimum Gasteiger partial charge on any atom is -0.397 e. The summed E-state index contributed by atoms with van der Waals surface area (Å²) in [4.78, 5) is 11.7. The summed E-state index contributed by atoms with van der Waals surface area (Å²) in [5.41, 5.74) is 7.90. The molecular weight excluding hydrogens is 192 g/mol. The molecule has 1 aliphatic rings. The number of aromatic nitrogens is 3. The summed E-state index contributed by atoms with van der Waals surface area (Å²) in [7, 11) is 0. The number of nitrogen functional groups attached to an aromatic ring is 1. The average Bonchev–Trinajstić information content (AvgIpc) is 2.53. The van der Waals surface area contributed by atoms with E-state index in [1.807, 2.05) is 6.07 Å². The van der Waals surface area contributed by atoms with E-state index in [1.54, 1.807) is 6.20 Å². The molecule has 0 amide bonds. The Morgan fingerprint density at radius 1 is 1.60 bits per heavy atom. The van der Waals surface area contributed by atoms with Gasteiger partial charge in [-0.25, -0.2) is 9.97 Å². The highest BCUT2D eigenvalue weighted by Crippen LogP contribution is 2.18. The van der Waals surface area contributed by atoms with Crippen molar-refractivity contribution < 1.29 is 4.74 Å². The van der Waals surface area contributed by atoms with Crippen molar-refractivity contribution in [2.75, 3.05) is 12.3 Å². The number of aromatic amines is 1. The van der Waals surface area contributed by atoms with E-state index in [-0.39, 0.29) is 0 Å². The monoisotopic (exact) mass is 204 g/mol. The number of hydrogen-bond donors (Lipinski definition) is 2. The molecule has 5 heteroatoms. The SMILES string of the molecule is Nc1cnc2nc(CC3CCO3)[nH]c2c1. The highest BCUT2D eigenvalue weighted by atomic mass is 16.5. The van der Waals surface area contributed by atoms with Crippen molar-refractivity contribution in [3.05, 3.63) is 18.1 Å². The van der Waals surface area contributed by atoms with E-state index in [0.29, 0.717) is 11.8 Å². The molecule has 3 rings (SSSR count). The molecule has 1 saturated heterocycles. The van der Waals surface area contributed by atoms with E-state index >= 15 is 0 Å². The quantitative estimate of drug-likeness (QED) is 0.761. The Kier molecular flexibility index (Phi) is 1.85. The molecule has 2 aromatic rings. The van der Waals surface area contributed by atoms with Gasteiger partial charge in [0.2, 0.25) is 0 Å². The lowest BCUT2D eigenvalue weighted by atomic mass is 10.1. The third-order valence-electron chi connectivity index (χ3n) is 2.62. The summed E-state index contributed by atoms with van der Waals surface area (Å²) in [6, 6.07) is 1.85. The van der Waals surface area contributed by atoms with Crippen LogP contribution in [0.4, 0.5) is 5.69 Å². The van der Waals surface area contributed by atoms with Crippen molar-refractivity contribution in [2.45, 2.75) is 18.9 Å². The molecule has 3 N–H and O–H groups in total. The fourth-order valence-corrected chi connectivity index (χ4v) is 1.72. The van der Waals surface area contributed by atoms with Crippen LogP contribution in [0.3, 0.4) is 0 Å². The Hall–Kier alpha value is -1.62. The summed E-state index contributed by atoms with van der Waals surface area (Å²) in [6.45, 7) is 0.871. The molecule has 3 heterocycles. The third kappa shape index (κ3) is 1.55. The summed E-state index contributed by atoms with van der Waals surface area (Å²) >= 11 is 0. The van der Waals surface area contributed by atoms with Gasteiger partial charge < -0.3 is 15.5 Å². The first-order valence-corrected chi connectivity index (χ1v) is 5.03. The number of rotatable bonds is 2. The molecule has 78 valence electrons. The Bertz CT molecular complexity index is 489. The van der Waals surface area contributed by atoms with Crippen molar-refractivity contribution in [3.63, 3.8) is 0 Å². The number of hydrogen-bond acceptors (Lipinski definition) is 4. The van der Waals surface area contributed by atoms with Crippen LogP contribution < -0.4 is 5.73 Å². The van der Waals surface area contributed by atoms with Gasteiger partial charge in [0.15, 0.2) is 5.65 Å². The molecule has 0 bridgehead atoms. The van der Waals surface area contributed by atoms with Crippen LogP contribution in [0.15, 0.2) is 12.3 Å². The number of imidazole rings is 1. The lowest BCUT2D eigenvalue weighted by Gasteiger charge is -2.25. The van der Waals surface area contributed by atoms with E-state index < -0.39 is 0 Å². The van der Waals surface area contributed by atoms with Crippen LogP contribution >= 0.6 is 0 Å². The van der Waals surface area contributed by atoms with E-state index in [2.05, 4.69) is 15.0 Å². The summed E-state index contributed by atoms with van der Waals surface area (Å²) in [5, 5.41) is 0. The van der Waals surface area contributed by atoms with Gasteiger partial charge in [-0.2, -0.15) is 0 Å². The average molecular weight is 204 g/mol. The number of nitrogens with zero attached hydrogens (tertiary/aromatic N) is 2. The zero-order chi connectivity index (χ0) is 10.3. The summed E-state index contributed by atoms with van der Waals surface area (Å²) in [6.07, 6.45) is 3.89. The molecule has 1 fully saturated rings. The maximum Gasteiger partial charge on any atom is 0.177 e. The van der Waals surface area contributed by atoms with Gasteiger partial charge in [0.05, 0.1) is 23.5 Å². The second kappa shape index (κ2) is 3.20. The molecule has 2 aromatic heterocycles. The molecule has 15 heavy (non-hydrogen) atoms. The van der Waals surface area contributed by atoms with E-state index in [1.165, 1.54) is 0 Å². The number of pyridine rings is 1. The van der Waals surface area contributed by atoms with Gasteiger partial charge in [-0.05, 0) is 12.5 Å². The maximum absolute atomic E-state index is 5.64. The van der Waals surface area contributed by atoms with Crippen LogP contribution in [0.1, 0.15) is 12.2 Å². The van der Waals surface area contributed by atoms with Crippen LogP contribution in [0.25, 0.3) is 11.2 Å². The largest absolute Gasteiger partial charge is 0.397 e. The topological polar surface area (TPSA) is 76.8 Å². The van der Waals surface area contributed by atoms with Gasteiger partial charge in [-0.1, -0.05) is 0 Å². The Labute approximate surface area is 86.7 Å². The van der Waals surface area contributed by atoms with Gasteiger partial charge in [-0.3, -0.25) is 0 Å². The van der Waals surface area contributed by atoms with E-state index in [4.69, 9.17) is 10.5 Å². The van der Waals surface area contributed by atoms with Gasteiger partial charge in [0.25, 0.3) is 0 Å². The van der Waals surface area contributed by atoms with Crippen LogP contribution in [0.5, 0.6) is 0 Å². The second-order valence-corrected chi connectivity index (χ2v) is 3.81. The smallest absolute Gasteiger partial charge is 0.177 e. The first kappa shape index (κ1) is 8.67. The maximum atomic E-state index is 5.64. The minimum absolute atomic E-state index is 0.322. The van der Waals surface area contributed by atoms with Gasteiger partial charge in [0.1, 0.15) is 5.82 Å². The molecule has 5 nitrogen and oxygen atoms in total. The molecule has 0 aromatic carbocycles. The number of nitrogens with two attached hydrogens (primary N) is 1. The van der Waals surface area contributed by atoms with Crippen molar-refractivity contribution in [2.24, 2.45) is 0 Å². The zero-order valence-corrected chi connectivity index (χ0v) is 8.23. The molecule has 1 aliphatic heterocycles. The number of fused-ring (bicyclic) bond motifs is 1. The van der Waals surface area contributed by atoms with Crippen LogP contribution in [-0.2, 0) is 11.2 Å². The predicted molar refractivity (Wildman–Crippen MR) is 56.4 cm³/mol. The number of ether oxygens (including phenoxy) is 1. The highest BCUT2D eigenvalue weighted by molar-refractivity contribution is 5.73. The van der Waals surface area contributed by atoms with Crippen molar-refractivity contribution >= 4 is 16.9 Å². The van der Waals surface area contributed by atoms with Crippen LogP contribution in [0.2, 0.25) is 0 Å². The molecule has 0 aliphatic carbocycles.